The van der Waals surface area contributed by atoms with Gasteiger partial charge in [0.1, 0.15) is 0 Å². The van der Waals surface area contributed by atoms with Gasteiger partial charge in [0.2, 0.25) is 0 Å². The zero-order valence-electron chi connectivity index (χ0n) is 37.4. The number of benzene rings is 8. The highest BCUT2D eigenvalue weighted by atomic mass is 15.2. The van der Waals surface area contributed by atoms with E-state index < -0.39 is 5.41 Å². The van der Waals surface area contributed by atoms with E-state index in [9.17, 15) is 0 Å². The molecule has 8 aromatic carbocycles. The van der Waals surface area contributed by atoms with Crippen LogP contribution in [0.15, 0.2) is 230 Å². The zero-order chi connectivity index (χ0) is 44.1. The molecule has 0 saturated heterocycles. The molecule has 0 amide bonds. The number of hydrogen-bond donors (Lipinski definition) is 0. The van der Waals surface area contributed by atoms with Crippen LogP contribution in [-0.2, 0) is 11.8 Å². The third-order valence-corrected chi connectivity index (χ3v) is 15.6. The van der Waals surface area contributed by atoms with Gasteiger partial charge in [0.15, 0.2) is 0 Å². The number of rotatable bonds is 6. The van der Waals surface area contributed by atoms with Crippen molar-refractivity contribution >= 4 is 39.5 Å². The molecule has 0 bridgehead atoms. The van der Waals surface area contributed by atoms with Crippen molar-refractivity contribution in [2.75, 3.05) is 4.90 Å². The molecule has 9 aromatic rings. The third-order valence-electron chi connectivity index (χ3n) is 15.6. The summed E-state index contributed by atoms with van der Waals surface area (Å²) in [6.07, 6.45) is 14.8. The fourth-order valence-corrected chi connectivity index (χ4v) is 13.0. The summed E-state index contributed by atoms with van der Waals surface area (Å²) in [5.74, 6) is 0.263. The summed E-state index contributed by atoms with van der Waals surface area (Å²) in [4.78, 5) is 2.62. The zero-order valence-corrected chi connectivity index (χ0v) is 37.4. The Bertz CT molecular complexity index is 3680. The van der Waals surface area contributed by atoms with Crippen LogP contribution in [0, 0.1) is 0 Å². The van der Waals surface area contributed by atoms with Gasteiger partial charge in [0, 0.05) is 45.2 Å². The largest absolute Gasteiger partial charge is 0.313 e. The molecule has 1 unspecified atom stereocenters. The fraction of sp³-hybridized carbons (Fsp3) is 0.108. The fourth-order valence-electron chi connectivity index (χ4n) is 13.0. The van der Waals surface area contributed by atoms with Gasteiger partial charge >= 0.3 is 0 Å². The van der Waals surface area contributed by atoms with E-state index in [1.807, 2.05) is 0 Å². The van der Waals surface area contributed by atoms with E-state index in [0.717, 1.165) is 37.8 Å². The van der Waals surface area contributed by atoms with E-state index in [-0.39, 0.29) is 5.92 Å². The van der Waals surface area contributed by atoms with E-state index in [1.165, 1.54) is 111 Å². The molecule has 0 saturated carbocycles. The Balaban J connectivity index is 1.04. The number of para-hydroxylation sites is 2. The highest BCUT2D eigenvalue weighted by Gasteiger charge is 2.55. The summed E-state index contributed by atoms with van der Waals surface area (Å²) in [6.45, 7) is 0. The molecular formula is C65H48N2. The summed E-state index contributed by atoms with van der Waals surface area (Å²) < 4.78 is 2.54. The van der Waals surface area contributed by atoms with Gasteiger partial charge in [-0.2, -0.15) is 0 Å². The van der Waals surface area contributed by atoms with Crippen LogP contribution in [0.2, 0.25) is 0 Å². The standard InChI is InChI=1S/C65H48N2/c1-3-19-43(20-4-1)47-39-40-50(49-24-8-7-23-48(47)49)55-28-12-17-33-62(55)66(46-36-38-57-56-29-13-18-34-63(56)67(64(57)42-46)44-21-5-2-6-22-44)45-35-37-54-53-27-11-16-32-60(53)65(61(54)41-45)58-30-14-9-25-51(58)52-26-10-15-31-59(52)65/h1-17,19-33,35-36,38,41-42,54H,18,34,37,39-40H2. The van der Waals surface area contributed by atoms with Crippen molar-refractivity contribution < 1.29 is 0 Å². The first-order valence-corrected chi connectivity index (χ1v) is 24.1. The molecule has 1 spiro atoms. The summed E-state index contributed by atoms with van der Waals surface area (Å²) >= 11 is 0. The third kappa shape index (κ3) is 5.57. The Labute approximate surface area is 392 Å². The second kappa shape index (κ2) is 15.1. The van der Waals surface area contributed by atoms with Crippen molar-refractivity contribution in [3.63, 3.8) is 0 Å². The molecule has 0 radical (unpaired) electrons. The molecule has 318 valence electrons. The van der Waals surface area contributed by atoms with Crippen LogP contribution in [0.5, 0.6) is 0 Å². The van der Waals surface area contributed by atoms with Crippen LogP contribution in [0.3, 0.4) is 0 Å². The van der Waals surface area contributed by atoms with Crippen molar-refractivity contribution in [3.05, 3.63) is 285 Å². The first-order valence-electron chi connectivity index (χ1n) is 24.1. The maximum absolute atomic E-state index is 2.62. The van der Waals surface area contributed by atoms with E-state index >= 15 is 0 Å². The van der Waals surface area contributed by atoms with Crippen molar-refractivity contribution in [3.8, 4) is 16.8 Å². The first-order chi connectivity index (χ1) is 33.3. The number of anilines is 2. The van der Waals surface area contributed by atoms with Gasteiger partial charge in [-0.15, -0.1) is 0 Å². The molecule has 1 aromatic heterocycles. The highest BCUT2D eigenvalue weighted by molar-refractivity contribution is 5.97. The smallest absolute Gasteiger partial charge is 0.0686 e. The lowest BCUT2D eigenvalue weighted by molar-refractivity contribution is 0.701. The van der Waals surface area contributed by atoms with Crippen molar-refractivity contribution in [2.24, 2.45) is 0 Å². The normalized spacial score (nSPS) is 17.0. The Morgan fingerprint density at radius 1 is 0.537 bits per heavy atom. The summed E-state index contributed by atoms with van der Waals surface area (Å²) in [6, 6.07) is 75.3. The number of allylic oxidation sites excluding steroid dienone is 4. The molecule has 2 nitrogen and oxygen atoms in total. The first kappa shape index (κ1) is 38.3. The number of fused-ring (bicyclic) bond motifs is 14. The molecule has 0 N–H and O–H groups in total. The monoisotopic (exact) mass is 856 g/mol. The molecule has 5 aliphatic carbocycles. The second-order valence-electron chi connectivity index (χ2n) is 18.8. The van der Waals surface area contributed by atoms with Gasteiger partial charge in [0.05, 0.1) is 16.6 Å². The van der Waals surface area contributed by atoms with Gasteiger partial charge in [-0.25, -0.2) is 0 Å². The predicted molar refractivity (Wildman–Crippen MR) is 277 cm³/mol. The maximum atomic E-state index is 2.62. The van der Waals surface area contributed by atoms with Gasteiger partial charge in [-0.1, -0.05) is 188 Å². The summed E-state index contributed by atoms with van der Waals surface area (Å²) in [7, 11) is 0. The van der Waals surface area contributed by atoms with Crippen LogP contribution in [0.1, 0.15) is 76.2 Å². The summed E-state index contributed by atoms with van der Waals surface area (Å²) in [5.41, 5.74) is 23.6. The Morgan fingerprint density at radius 2 is 1.16 bits per heavy atom. The minimum Gasteiger partial charge on any atom is -0.313 e. The highest BCUT2D eigenvalue weighted by Crippen LogP contribution is 2.65. The molecule has 1 atom stereocenters. The van der Waals surface area contributed by atoms with Gasteiger partial charge in [-0.3, -0.25) is 0 Å². The van der Waals surface area contributed by atoms with Crippen molar-refractivity contribution in [1.82, 2.24) is 4.57 Å². The predicted octanol–water partition coefficient (Wildman–Crippen LogP) is 14.2. The van der Waals surface area contributed by atoms with Gasteiger partial charge in [-0.05, 0) is 135 Å². The number of hydrogen-bond acceptors (Lipinski definition) is 1. The van der Waals surface area contributed by atoms with Crippen LogP contribution in [-0.4, -0.2) is 4.57 Å². The Hall–Kier alpha value is -7.94. The SMILES string of the molecule is C1=Cc2c(n(-c3ccccc3)c3cc(N(C4=CCC5C(=C4)C4(c6ccccc6-c6ccccc64)c4ccccc45)c4ccccc4C4=c5ccccc5=C(c5ccccc5)CC4)ccc23)CC1. The molecular weight excluding hydrogens is 809 g/mol. The molecule has 1 heterocycles. The maximum Gasteiger partial charge on any atom is 0.0686 e. The van der Waals surface area contributed by atoms with Gasteiger partial charge in [0.25, 0.3) is 0 Å². The number of aromatic nitrogens is 1. The van der Waals surface area contributed by atoms with Crippen molar-refractivity contribution in [2.45, 2.75) is 43.4 Å². The van der Waals surface area contributed by atoms with E-state index in [4.69, 9.17) is 0 Å². The van der Waals surface area contributed by atoms with Crippen LogP contribution in [0.4, 0.5) is 11.4 Å². The molecule has 0 aliphatic heterocycles. The molecule has 67 heavy (non-hydrogen) atoms. The quantitative estimate of drug-likeness (QED) is 0.162. The average Bonchev–Trinajstić information content (AvgIpc) is 4.01. The lowest BCUT2D eigenvalue weighted by Gasteiger charge is -2.36. The summed E-state index contributed by atoms with van der Waals surface area (Å²) in [5, 5.41) is 3.96. The van der Waals surface area contributed by atoms with E-state index in [2.05, 4.69) is 234 Å². The molecule has 5 aliphatic rings. The molecule has 14 rings (SSSR count). The van der Waals surface area contributed by atoms with Crippen molar-refractivity contribution in [1.29, 1.82) is 0 Å². The number of nitrogens with zero attached hydrogens (tertiary/aromatic N) is 2. The van der Waals surface area contributed by atoms with Crippen LogP contribution < -0.4 is 15.3 Å². The Kier molecular flexibility index (Phi) is 8.61. The topological polar surface area (TPSA) is 8.17 Å². The molecule has 2 heteroatoms. The molecule has 0 fully saturated rings. The van der Waals surface area contributed by atoms with Crippen LogP contribution in [0.25, 0.3) is 44.9 Å². The minimum atomic E-state index is -0.392. The average molecular weight is 857 g/mol. The lowest BCUT2D eigenvalue weighted by atomic mass is 9.68. The lowest BCUT2D eigenvalue weighted by Crippen LogP contribution is -2.33. The second-order valence-corrected chi connectivity index (χ2v) is 18.8. The van der Waals surface area contributed by atoms with E-state index in [1.54, 1.807) is 0 Å². The van der Waals surface area contributed by atoms with E-state index in [0.29, 0.717) is 0 Å². The minimum absolute atomic E-state index is 0.263. The van der Waals surface area contributed by atoms with Gasteiger partial charge < -0.3 is 9.47 Å². The Morgan fingerprint density at radius 3 is 1.94 bits per heavy atom. The van der Waals surface area contributed by atoms with Crippen LogP contribution >= 0.6 is 0 Å².